The fourth-order valence-corrected chi connectivity index (χ4v) is 3.24. The Kier molecular flexibility index (Phi) is 5.31. The molecule has 0 amide bonds. The molecule has 0 radical (unpaired) electrons. The van der Waals surface area contributed by atoms with Crippen molar-refractivity contribution in [3.05, 3.63) is 59.4 Å². The Balaban J connectivity index is 1.31. The highest BCUT2D eigenvalue weighted by Gasteiger charge is 2.40. The third-order valence-corrected chi connectivity index (χ3v) is 4.91. The molecule has 4 rings (SSSR count). The molecule has 0 aromatic carbocycles. The second-order valence-electron chi connectivity index (χ2n) is 7.40. The van der Waals surface area contributed by atoms with E-state index in [2.05, 4.69) is 25.4 Å². The fourth-order valence-electron chi connectivity index (χ4n) is 3.24. The quantitative estimate of drug-likeness (QED) is 0.630. The van der Waals surface area contributed by atoms with Crippen LogP contribution in [-0.2, 0) is 19.8 Å². The SMILES string of the molecule is Cc1nc(NCc2cnn(C)c2)cc(OC[C@H]2C[C@@H]2c2ccc(C(F)(F)F)cn2)n1. The maximum atomic E-state index is 12.7. The van der Waals surface area contributed by atoms with E-state index in [1.54, 1.807) is 23.9 Å². The van der Waals surface area contributed by atoms with E-state index in [1.807, 2.05) is 13.2 Å². The molecule has 0 saturated heterocycles. The molecule has 10 heteroatoms. The number of hydrogen-bond acceptors (Lipinski definition) is 6. The van der Waals surface area contributed by atoms with Crippen LogP contribution in [0.5, 0.6) is 5.88 Å². The first-order valence-corrected chi connectivity index (χ1v) is 9.51. The highest BCUT2D eigenvalue weighted by Crippen LogP contribution is 2.47. The molecule has 3 aromatic heterocycles. The number of pyridine rings is 1. The van der Waals surface area contributed by atoms with Gasteiger partial charge in [-0.25, -0.2) is 4.98 Å². The lowest BCUT2D eigenvalue weighted by Crippen LogP contribution is -2.08. The predicted molar refractivity (Wildman–Crippen MR) is 103 cm³/mol. The Hall–Kier alpha value is -3.17. The number of hydrogen-bond donors (Lipinski definition) is 1. The molecule has 1 fully saturated rings. The third-order valence-electron chi connectivity index (χ3n) is 4.91. The summed E-state index contributed by atoms with van der Waals surface area (Å²) in [6.45, 7) is 2.79. The molecule has 7 nitrogen and oxygen atoms in total. The van der Waals surface area contributed by atoms with Crippen LogP contribution in [0, 0.1) is 12.8 Å². The van der Waals surface area contributed by atoms with E-state index in [1.165, 1.54) is 6.07 Å². The number of rotatable bonds is 7. The molecule has 1 saturated carbocycles. The van der Waals surface area contributed by atoms with E-state index >= 15 is 0 Å². The van der Waals surface area contributed by atoms with Gasteiger partial charge < -0.3 is 10.1 Å². The molecule has 1 aliphatic carbocycles. The minimum absolute atomic E-state index is 0.110. The maximum absolute atomic E-state index is 12.7. The summed E-state index contributed by atoms with van der Waals surface area (Å²) in [5.74, 6) is 2.01. The zero-order valence-electron chi connectivity index (χ0n) is 16.5. The van der Waals surface area contributed by atoms with E-state index in [9.17, 15) is 13.2 Å². The van der Waals surface area contributed by atoms with Gasteiger partial charge in [-0.3, -0.25) is 9.67 Å². The van der Waals surface area contributed by atoms with E-state index in [0.29, 0.717) is 36.4 Å². The van der Waals surface area contributed by atoms with Crippen LogP contribution in [0.4, 0.5) is 19.0 Å². The van der Waals surface area contributed by atoms with Crippen molar-refractivity contribution in [2.24, 2.45) is 13.0 Å². The summed E-state index contributed by atoms with van der Waals surface area (Å²) in [7, 11) is 1.86. The average Bonchev–Trinajstić information content (AvgIpc) is 3.36. The van der Waals surface area contributed by atoms with Gasteiger partial charge in [-0.05, 0) is 25.5 Å². The monoisotopic (exact) mass is 418 g/mol. The summed E-state index contributed by atoms with van der Waals surface area (Å²) in [6.07, 6.45) is 1.04. The van der Waals surface area contributed by atoms with E-state index < -0.39 is 11.7 Å². The smallest absolute Gasteiger partial charge is 0.417 e. The normalized spacial score (nSPS) is 18.3. The Morgan fingerprint density at radius 3 is 2.73 bits per heavy atom. The molecule has 1 N–H and O–H groups in total. The first-order valence-electron chi connectivity index (χ1n) is 9.51. The van der Waals surface area contributed by atoms with Gasteiger partial charge in [-0.15, -0.1) is 0 Å². The van der Waals surface area contributed by atoms with Gasteiger partial charge in [0.15, 0.2) is 0 Å². The van der Waals surface area contributed by atoms with Crippen LogP contribution in [0.1, 0.15) is 35.0 Å². The molecule has 1 aliphatic rings. The van der Waals surface area contributed by atoms with E-state index in [-0.39, 0.29) is 11.8 Å². The highest BCUT2D eigenvalue weighted by molar-refractivity contribution is 5.39. The van der Waals surface area contributed by atoms with Crippen LogP contribution < -0.4 is 10.1 Å². The van der Waals surface area contributed by atoms with Crippen LogP contribution in [0.15, 0.2) is 36.8 Å². The number of nitrogens with zero attached hydrogens (tertiary/aromatic N) is 5. The Bertz CT molecular complexity index is 1020. The molecule has 0 bridgehead atoms. The van der Waals surface area contributed by atoms with Crippen molar-refractivity contribution in [2.45, 2.75) is 32.0 Å². The van der Waals surface area contributed by atoms with Crippen LogP contribution in [0.2, 0.25) is 0 Å². The minimum atomic E-state index is -4.37. The number of aryl methyl sites for hydroxylation is 2. The lowest BCUT2D eigenvalue weighted by molar-refractivity contribution is -0.137. The Morgan fingerprint density at radius 1 is 1.23 bits per heavy atom. The summed E-state index contributed by atoms with van der Waals surface area (Å²) in [4.78, 5) is 12.6. The molecular formula is C20H21F3N6O. The van der Waals surface area contributed by atoms with Gasteiger partial charge in [-0.1, -0.05) is 0 Å². The molecular weight excluding hydrogens is 397 g/mol. The Morgan fingerprint density at radius 2 is 2.07 bits per heavy atom. The molecule has 3 heterocycles. The van der Waals surface area contributed by atoms with E-state index in [0.717, 1.165) is 24.2 Å². The van der Waals surface area contributed by atoms with Crippen molar-refractivity contribution >= 4 is 5.82 Å². The Labute approximate surface area is 171 Å². The van der Waals surface area contributed by atoms with Crippen LogP contribution in [-0.4, -0.2) is 31.3 Å². The van der Waals surface area contributed by atoms with Crippen molar-refractivity contribution < 1.29 is 17.9 Å². The molecule has 30 heavy (non-hydrogen) atoms. The van der Waals surface area contributed by atoms with Gasteiger partial charge in [0.2, 0.25) is 5.88 Å². The molecule has 0 aliphatic heterocycles. The lowest BCUT2D eigenvalue weighted by Gasteiger charge is -2.09. The molecule has 0 unspecified atom stereocenters. The van der Waals surface area contributed by atoms with Gasteiger partial charge in [0.25, 0.3) is 0 Å². The number of anilines is 1. The third kappa shape index (κ3) is 4.87. The first-order chi connectivity index (χ1) is 14.3. The molecule has 0 spiro atoms. The van der Waals surface area contributed by atoms with Gasteiger partial charge in [0.1, 0.15) is 11.6 Å². The maximum Gasteiger partial charge on any atom is 0.417 e. The average molecular weight is 418 g/mol. The lowest BCUT2D eigenvalue weighted by atomic mass is 10.2. The van der Waals surface area contributed by atoms with Crippen molar-refractivity contribution in [1.82, 2.24) is 24.7 Å². The van der Waals surface area contributed by atoms with Crippen LogP contribution >= 0.6 is 0 Å². The molecule has 2 atom stereocenters. The van der Waals surface area contributed by atoms with Crippen molar-refractivity contribution in [1.29, 1.82) is 0 Å². The summed E-state index contributed by atoms with van der Waals surface area (Å²) in [6, 6.07) is 4.26. The second kappa shape index (κ2) is 7.92. The predicted octanol–water partition coefficient (Wildman–Crippen LogP) is 3.73. The standard InChI is InChI=1S/C20H21F3N6O/c1-12-27-18(25-7-13-8-26-29(2)10-13)6-19(28-12)30-11-14-5-16(14)17-4-3-15(9-24-17)20(21,22)23/h3-4,6,8-10,14,16H,5,7,11H2,1-2H3,(H,25,27,28)/t14-,16+/m1/s1. The molecule has 158 valence electrons. The first kappa shape index (κ1) is 20.1. The zero-order valence-corrected chi connectivity index (χ0v) is 16.5. The van der Waals surface area contributed by atoms with Gasteiger partial charge in [0.05, 0.1) is 18.4 Å². The summed E-state index contributed by atoms with van der Waals surface area (Å²) >= 11 is 0. The number of halogens is 3. The van der Waals surface area contributed by atoms with Gasteiger partial charge in [-0.2, -0.15) is 23.3 Å². The van der Waals surface area contributed by atoms with Crippen LogP contribution in [0.25, 0.3) is 0 Å². The fraction of sp³-hybridized carbons (Fsp3) is 0.400. The van der Waals surface area contributed by atoms with Crippen molar-refractivity contribution in [3.63, 3.8) is 0 Å². The summed E-state index contributed by atoms with van der Waals surface area (Å²) in [5.41, 5.74) is 0.956. The zero-order chi connectivity index (χ0) is 21.3. The minimum Gasteiger partial charge on any atom is -0.477 e. The summed E-state index contributed by atoms with van der Waals surface area (Å²) < 4.78 is 45.5. The largest absolute Gasteiger partial charge is 0.477 e. The molecule has 3 aromatic rings. The number of alkyl halides is 3. The number of aromatic nitrogens is 5. The number of ether oxygens (including phenoxy) is 1. The topological polar surface area (TPSA) is 77.8 Å². The van der Waals surface area contributed by atoms with Gasteiger partial charge >= 0.3 is 6.18 Å². The number of nitrogens with one attached hydrogen (secondary N) is 1. The second-order valence-corrected chi connectivity index (χ2v) is 7.40. The van der Waals surface area contributed by atoms with Crippen molar-refractivity contribution in [2.75, 3.05) is 11.9 Å². The summed E-state index contributed by atoms with van der Waals surface area (Å²) in [5, 5.41) is 7.35. The highest BCUT2D eigenvalue weighted by atomic mass is 19.4. The van der Waals surface area contributed by atoms with Crippen molar-refractivity contribution in [3.8, 4) is 5.88 Å². The van der Waals surface area contributed by atoms with Crippen LogP contribution in [0.3, 0.4) is 0 Å². The van der Waals surface area contributed by atoms with Gasteiger partial charge in [0, 0.05) is 55.1 Å². The van der Waals surface area contributed by atoms with E-state index in [4.69, 9.17) is 4.74 Å².